The minimum Gasteiger partial charge on any atom is -0.164 e. The van der Waals surface area contributed by atoms with Gasteiger partial charge in [0.05, 0.1) is 5.75 Å². The molecule has 0 spiro atoms. The van der Waals surface area contributed by atoms with Gasteiger partial charge in [-0.3, -0.25) is 0 Å². The van der Waals surface area contributed by atoms with E-state index in [0.29, 0.717) is 6.42 Å². The van der Waals surface area contributed by atoms with Crippen molar-refractivity contribution >= 4 is 10.1 Å². The highest BCUT2D eigenvalue weighted by Crippen LogP contribution is 2.98. The average molecular weight is 264 g/mol. The van der Waals surface area contributed by atoms with Crippen molar-refractivity contribution in [1.82, 2.24) is 0 Å². The largest absolute Gasteiger partial charge is 0.538 e. The van der Waals surface area contributed by atoms with E-state index in [2.05, 4.69) is 0 Å². The summed E-state index contributed by atoms with van der Waals surface area (Å²) in [5.74, 6) is -2.17. The zero-order chi connectivity index (χ0) is 12.4. The molecule has 0 aromatic carbocycles. The Morgan fingerprint density at radius 3 is 1.80 bits per heavy atom. The minimum absolute atomic E-state index is 0.0110. The first-order valence-electron chi connectivity index (χ1n) is 4.05. The summed E-state index contributed by atoms with van der Waals surface area (Å²) in [7, 11) is -9.41. The maximum Gasteiger partial charge on any atom is 0.538 e. The highest BCUT2D eigenvalue weighted by molar-refractivity contribution is 8.46. The van der Waals surface area contributed by atoms with Crippen LogP contribution in [0.4, 0.5) is 28.7 Å². The molecular weight excluding hydrogens is 253 g/mol. The Morgan fingerprint density at radius 1 is 1.00 bits per heavy atom. The quantitative estimate of drug-likeness (QED) is 0.499. The van der Waals surface area contributed by atoms with Crippen molar-refractivity contribution in [2.75, 3.05) is 5.75 Å². The smallest absolute Gasteiger partial charge is 0.164 e. The molecule has 0 heterocycles. The molecule has 0 atom stereocenters. The van der Waals surface area contributed by atoms with E-state index in [1.54, 1.807) is 4.18 Å². The van der Waals surface area contributed by atoms with Gasteiger partial charge in [-0.1, -0.05) is 19.8 Å². The van der Waals surface area contributed by atoms with Crippen LogP contribution in [0.2, 0.25) is 0 Å². The Kier molecular flexibility index (Phi) is 3.37. The number of unbranched alkanes of at least 4 members (excludes halogenated alkanes) is 2. The third kappa shape index (κ3) is 7.71. The second-order valence-electron chi connectivity index (χ2n) is 3.10. The van der Waals surface area contributed by atoms with Gasteiger partial charge in [-0.2, -0.15) is 4.18 Å². The average Bonchev–Trinajstić information content (AvgIpc) is 1.77. The standard InChI is InChI=1S/C6H11F7OS/c1-2-3-4-5-15(10,11,12,13)14-6(7,8)9/h2-5H2,1H3. The van der Waals surface area contributed by atoms with Crippen molar-refractivity contribution < 1.29 is 32.9 Å². The third-order valence-corrected chi connectivity index (χ3v) is 3.05. The molecule has 0 aromatic rings. The molecule has 96 valence electrons. The van der Waals surface area contributed by atoms with Crippen LogP contribution in [0.15, 0.2) is 0 Å². The summed E-state index contributed by atoms with van der Waals surface area (Å²) >= 11 is 0. The van der Waals surface area contributed by atoms with Crippen molar-refractivity contribution in [3.8, 4) is 0 Å². The lowest BCUT2D eigenvalue weighted by Gasteiger charge is -2.48. The first kappa shape index (κ1) is 14.8. The van der Waals surface area contributed by atoms with Crippen LogP contribution in [-0.2, 0) is 4.18 Å². The molecule has 0 amide bonds. The van der Waals surface area contributed by atoms with Crippen LogP contribution in [0.1, 0.15) is 26.2 Å². The van der Waals surface area contributed by atoms with Gasteiger partial charge in [0.1, 0.15) is 0 Å². The number of rotatable bonds is 5. The summed E-state index contributed by atoms with van der Waals surface area (Å²) in [5, 5.41) is 0. The van der Waals surface area contributed by atoms with Crippen molar-refractivity contribution in [1.29, 1.82) is 0 Å². The van der Waals surface area contributed by atoms with Crippen LogP contribution in [0.25, 0.3) is 0 Å². The third-order valence-electron chi connectivity index (χ3n) is 1.42. The van der Waals surface area contributed by atoms with E-state index < -0.39 is 28.7 Å². The fourth-order valence-electron chi connectivity index (χ4n) is 0.881. The molecule has 0 saturated heterocycles. The minimum atomic E-state index is -9.41. The molecule has 0 fully saturated rings. The van der Waals surface area contributed by atoms with Crippen LogP contribution in [0.3, 0.4) is 0 Å². The maximum absolute atomic E-state index is 12.5. The molecular formula is C6H11F7OS. The molecule has 0 bridgehead atoms. The van der Waals surface area contributed by atoms with Crippen LogP contribution in [-0.4, -0.2) is 12.1 Å². The number of alkyl halides is 3. The molecule has 0 aliphatic rings. The van der Waals surface area contributed by atoms with Gasteiger partial charge in [0.15, 0.2) is 0 Å². The fourth-order valence-corrected chi connectivity index (χ4v) is 2.14. The SMILES string of the molecule is CCCCCS(F)(F)(F)(F)OC(F)(F)F. The summed E-state index contributed by atoms with van der Waals surface area (Å²) in [6.45, 7) is 1.54. The number of hydrogen-bond donors (Lipinski definition) is 0. The Balaban J connectivity index is 4.66. The summed E-state index contributed by atoms with van der Waals surface area (Å²) < 4.78 is 85.8. The van der Waals surface area contributed by atoms with Crippen LogP contribution >= 0.6 is 10.1 Å². The molecule has 0 aliphatic carbocycles. The van der Waals surface area contributed by atoms with Crippen molar-refractivity contribution in [2.45, 2.75) is 32.5 Å². The topological polar surface area (TPSA) is 9.23 Å². The highest BCUT2D eigenvalue weighted by atomic mass is 32.5. The number of halogens is 7. The molecule has 0 saturated carbocycles. The Bertz CT molecular complexity index is 227. The van der Waals surface area contributed by atoms with Crippen molar-refractivity contribution in [3.05, 3.63) is 0 Å². The van der Waals surface area contributed by atoms with Crippen LogP contribution in [0.5, 0.6) is 0 Å². The van der Waals surface area contributed by atoms with E-state index in [1.807, 2.05) is 0 Å². The van der Waals surface area contributed by atoms with E-state index in [1.165, 1.54) is 6.92 Å². The van der Waals surface area contributed by atoms with Gasteiger partial charge < -0.3 is 0 Å². The van der Waals surface area contributed by atoms with Gasteiger partial charge in [-0.25, -0.2) is 0 Å². The van der Waals surface area contributed by atoms with E-state index in [4.69, 9.17) is 0 Å². The van der Waals surface area contributed by atoms with Crippen molar-refractivity contribution in [2.24, 2.45) is 0 Å². The molecule has 0 rings (SSSR count). The molecule has 0 unspecified atom stereocenters. The Morgan fingerprint density at radius 2 is 1.47 bits per heavy atom. The van der Waals surface area contributed by atoms with Gasteiger partial charge in [-0.05, 0) is 6.42 Å². The van der Waals surface area contributed by atoms with Crippen molar-refractivity contribution in [3.63, 3.8) is 0 Å². The van der Waals surface area contributed by atoms with Gasteiger partial charge in [0.25, 0.3) is 10.1 Å². The summed E-state index contributed by atoms with van der Waals surface area (Å²) in [6.07, 6.45) is -6.43. The Labute approximate surface area is 82.2 Å². The zero-order valence-electron chi connectivity index (χ0n) is 7.79. The molecule has 0 aromatic heterocycles. The van der Waals surface area contributed by atoms with Gasteiger partial charge >= 0.3 is 6.36 Å². The monoisotopic (exact) mass is 264 g/mol. The normalized spacial score (nSPS) is 18.4. The van der Waals surface area contributed by atoms with E-state index >= 15 is 0 Å². The summed E-state index contributed by atoms with van der Waals surface area (Å²) in [6, 6.07) is 0. The Hall–Kier alpha value is -0.180. The first-order valence-corrected chi connectivity index (χ1v) is 6.20. The zero-order valence-corrected chi connectivity index (χ0v) is 8.61. The molecule has 0 aliphatic heterocycles. The van der Waals surface area contributed by atoms with Gasteiger partial charge in [-0.15, -0.1) is 28.7 Å². The predicted octanol–water partition coefficient (Wildman–Crippen LogP) is 5.04. The van der Waals surface area contributed by atoms with E-state index in [-0.39, 0.29) is 6.42 Å². The van der Waals surface area contributed by atoms with Gasteiger partial charge in [0.2, 0.25) is 0 Å². The molecule has 1 nitrogen and oxygen atoms in total. The molecule has 9 heteroatoms. The highest BCUT2D eigenvalue weighted by Gasteiger charge is 2.69. The van der Waals surface area contributed by atoms with E-state index in [0.717, 1.165) is 0 Å². The lowest BCUT2D eigenvalue weighted by Crippen LogP contribution is -2.29. The summed E-state index contributed by atoms with van der Waals surface area (Å²) in [5.41, 5.74) is 0. The maximum atomic E-state index is 12.5. The number of hydrogen-bond acceptors (Lipinski definition) is 1. The van der Waals surface area contributed by atoms with Crippen LogP contribution in [0, 0.1) is 0 Å². The molecule has 0 N–H and O–H groups in total. The molecule has 15 heavy (non-hydrogen) atoms. The van der Waals surface area contributed by atoms with Gasteiger partial charge in [0, 0.05) is 0 Å². The molecule has 0 radical (unpaired) electrons. The summed E-state index contributed by atoms with van der Waals surface area (Å²) in [4.78, 5) is 0. The lowest BCUT2D eigenvalue weighted by atomic mass is 10.3. The first-order chi connectivity index (χ1) is 6.27. The lowest BCUT2D eigenvalue weighted by molar-refractivity contribution is -0.284. The predicted molar refractivity (Wildman–Crippen MR) is 43.6 cm³/mol. The second kappa shape index (κ2) is 3.41. The second-order valence-corrected chi connectivity index (χ2v) is 5.98. The van der Waals surface area contributed by atoms with E-state index in [9.17, 15) is 28.7 Å². The van der Waals surface area contributed by atoms with Crippen LogP contribution < -0.4 is 0 Å². The fraction of sp³-hybridized carbons (Fsp3) is 1.00.